The van der Waals surface area contributed by atoms with E-state index in [9.17, 15) is 0 Å². The molecule has 1 aromatic rings. The minimum absolute atomic E-state index is 0.233. The lowest BCUT2D eigenvalue weighted by molar-refractivity contribution is 0.185. The maximum absolute atomic E-state index is 5.50. The first-order valence-corrected chi connectivity index (χ1v) is 7.52. The molecule has 0 N–H and O–H groups in total. The fourth-order valence-electron chi connectivity index (χ4n) is 2.17. The van der Waals surface area contributed by atoms with E-state index in [4.69, 9.17) is 14.2 Å². The van der Waals surface area contributed by atoms with Gasteiger partial charge in [-0.3, -0.25) is 0 Å². The van der Waals surface area contributed by atoms with Crippen molar-refractivity contribution in [3.63, 3.8) is 0 Å². The Balaban J connectivity index is 2.34. The summed E-state index contributed by atoms with van der Waals surface area (Å²) in [4.78, 5) is 0.233. The molecule has 2 atom stereocenters. The molecule has 100 valence electrons. The highest BCUT2D eigenvalue weighted by Crippen LogP contribution is 2.45. The second-order valence-corrected chi connectivity index (χ2v) is 6.01. The van der Waals surface area contributed by atoms with Gasteiger partial charge in [0.2, 0.25) is 0 Å². The number of benzene rings is 1. The van der Waals surface area contributed by atoms with Crippen molar-refractivity contribution in [2.75, 3.05) is 27.4 Å². The average molecular weight is 380 g/mol. The van der Waals surface area contributed by atoms with Gasteiger partial charge in [-0.15, -0.1) is 0 Å². The van der Waals surface area contributed by atoms with E-state index in [-0.39, 0.29) is 4.83 Å². The molecule has 0 amide bonds. The molecular weight excluding hydrogens is 364 g/mol. The minimum Gasteiger partial charge on any atom is -0.495 e. The molecule has 0 bridgehead atoms. The summed E-state index contributed by atoms with van der Waals surface area (Å²) < 4.78 is 17.1. The molecule has 1 aromatic carbocycles. The molecule has 0 aliphatic carbocycles. The first kappa shape index (κ1) is 14.2. The van der Waals surface area contributed by atoms with Crippen molar-refractivity contribution in [1.29, 1.82) is 0 Å². The summed E-state index contributed by atoms with van der Waals surface area (Å²) in [7, 11) is 3.32. The molecule has 1 heterocycles. The van der Waals surface area contributed by atoms with Crippen molar-refractivity contribution in [1.82, 2.24) is 0 Å². The van der Waals surface area contributed by atoms with Crippen LogP contribution in [0.15, 0.2) is 16.6 Å². The number of hydrogen-bond acceptors (Lipinski definition) is 3. The molecule has 1 aliphatic rings. The van der Waals surface area contributed by atoms with E-state index >= 15 is 0 Å². The molecule has 0 saturated carbocycles. The largest absolute Gasteiger partial charge is 0.495 e. The van der Waals surface area contributed by atoms with Crippen molar-refractivity contribution in [3.8, 4) is 11.5 Å². The Labute approximate surface area is 124 Å². The smallest absolute Gasteiger partial charge is 0.141 e. The van der Waals surface area contributed by atoms with Crippen LogP contribution in [-0.2, 0) is 4.74 Å². The monoisotopic (exact) mass is 378 g/mol. The van der Waals surface area contributed by atoms with Crippen LogP contribution in [0.1, 0.15) is 16.8 Å². The van der Waals surface area contributed by atoms with E-state index in [0.29, 0.717) is 5.92 Å². The quantitative estimate of drug-likeness (QED) is 0.741. The highest BCUT2D eigenvalue weighted by Gasteiger charge is 2.28. The Morgan fingerprint density at radius 3 is 2.67 bits per heavy atom. The Morgan fingerprint density at radius 1 is 1.33 bits per heavy atom. The molecule has 5 heteroatoms. The molecular formula is C13H16Br2O3. The molecule has 0 aromatic heterocycles. The van der Waals surface area contributed by atoms with Crippen LogP contribution in [0.2, 0.25) is 0 Å². The van der Waals surface area contributed by atoms with E-state index in [1.165, 1.54) is 0 Å². The Bertz CT molecular complexity index is 417. The molecule has 1 fully saturated rings. The fraction of sp³-hybridized carbons (Fsp3) is 0.538. The van der Waals surface area contributed by atoms with Crippen LogP contribution in [0.5, 0.6) is 11.5 Å². The van der Waals surface area contributed by atoms with Gasteiger partial charge in [-0.1, -0.05) is 22.0 Å². The first-order valence-electron chi connectivity index (χ1n) is 5.81. The van der Waals surface area contributed by atoms with Gasteiger partial charge in [0.1, 0.15) is 16.0 Å². The zero-order valence-corrected chi connectivity index (χ0v) is 13.6. The van der Waals surface area contributed by atoms with E-state index in [0.717, 1.165) is 41.2 Å². The van der Waals surface area contributed by atoms with Gasteiger partial charge in [0, 0.05) is 22.9 Å². The lowest BCUT2D eigenvalue weighted by atomic mass is 9.98. The van der Waals surface area contributed by atoms with Crippen molar-refractivity contribution in [3.05, 3.63) is 22.2 Å². The van der Waals surface area contributed by atoms with Crippen LogP contribution >= 0.6 is 31.9 Å². The number of ether oxygens (including phenoxy) is 3. The third-order valence-electron chi connectivity index (χ3n) is 3.19. The standard InChI is InChI=1S/C13H16Br2O3/c1-16-10-4-3-9(13(17-2)12(10)15)11(14)8-5-6-18-7-8/h3-4,8,11H,5-7H2,1-2H3. The summed E-state index contributed by atoms with van der Waals surface area (Å²) in [5.74, 6) is 2.08. The van der Waals surface area contributed by atoms with Crippen molar-refractivity contribution in [2.24, 2.45) is 5.92 Å². The summed E-state index contributed by atoms with van der Waals surface area (Å²) >= 11 is 7.29. The molecule has 0 spiro atoms. The lowest BCUT2D eigenvalue weighted by Crippen LogP contribution is -2.09. The van der Waals surface area contributed by atoms with Gasteiger partial charge in [-0.25, -0.2) is 0 Å². The minimum atomic E-state index is 0.233. The van der Waals surface area contributed by atoms with Crippen LogP contribution in [0, 0.1) is 5.92 Å². The van der Waals surface area contributed by atoms with Crippen LogP contribution in [0.4, 0.5) is 0 Å². The van der Waals surface area contributed by atoms with Crippen LogP contribution in [0.3, 0.4) is 0 Å². The summed E-state index contributed by atoms with van der Waals surface area (Å²) in [6.07, 6.45) is 1.07. The maximum atomic E-state index is 5.50. The highest BCUT2D eigenvalue weighted by molar-refractivity contribution is 9.10. The third kappa shape index (κ3) is 2.68. The normalized spacial score (nSPS) is 20.8. The number of methoxy groups -OCH3 is 2. The molecule has 0 radical (unpaired) electrons. The van der Waals surface area contributed by atoms with Gasteiger partial charge in [0.25, 0.3) is 0 Å². The topological polar surface area (TPSA) is 27.7 Å². The Kier molecular flexibility index (Phi) is 4.92. The maximum Gasteiger partial charge on any atom is 0.141 e. The molecule has 18 heavy (non-hydrogen) atoms. The summed E-state index contributed by atoms with van der Waals surface area (Å²) in [6.45, 7) is 1.63. The van der Waals surface area contributed by atoms with Crippen molar-refractivity contribution < 1.29 is 14.2 Å². The second-order valence-electron chi connectivity index (χ2n) is 4.23. The first-order chi connectivity index (χ1) is 8.69. The number of halogens is 2. The van der Waals surface area contributed by atoms with Gasteiger partial charge in [-0.05, 0) is 28.4 Å². The number of alkyl halides is 1. The summed E-state index contributed by atoms with van der Waals surface area (Å²) in [5.41, 5.74) is 1.13. The van der Waals surface area contributed by atoms with Crippen molar-refractivity contribution in [2.45, 2.75) is 11.2 Å². The predicted molar refractivity (Wildman–Crippen MR) is 77.8 cm³/mol. The molecule has 2 unspecified atom stereocenters. The Hall–Kier alpha value is -0.260. The summed E-state index contributed by atoms with van der Waals surface area (Å²) in [6, 6.07) is 3.99. The average Bonchev–Trinajstić information content (AvgIpc) is 2.91. The van der Waals surface area contributed by atoms with E-state index in [1.54, 1.807) is 14.2 Å². The molecule has 3 nitrogen and oxygen atoms in total. The van der Waals surface area contributed by atoms with E-state index < -0.39 is 0 Å². The molecule has 1 saturated heterocycles. The van der Waals surface area contributed by atoms with Gasteiger partial charge in [0.05, 0.1) is 20.8 Å². The zero-order valence-electron chi connectivity index (χ0n) is 10.4. The third-order valence-corrected chi connectivity index (χ3v) is 5.18. The fourth-order valence-corrected chi connectivity index (χ4v) is 3.63. The number of hydrogen-bond donors (Lipinski definition) is 0. The molecule has 2 rings (SSSR count). The number of rotatable bonds is 4. The van der Waals surface area contributed by atoms with Crippen LogP contribution in [0.25, 0.3) is 0 Å². The van der Waals surface area contributed by atoms with E-state index in [2.05, 4.69) is 31.9 Å². The SMILES string of the molecule is COc1ccc(C(Br)C2CCOC2)c(OC)c1Br. The van der Waals surface area contributed by atoms with Gasteiger partial charge >= 0.3 is 0 Å². The van der Waals surface area contributed by atoms with Gasteiger partial charge in [-0.2, -0.15) is 0 Å². The highest BCUT2D eigenvalue weighted by atomic mass is 79.9. The Morgan fingerprint density at radius 2 is 2.11 bits per heavy atom. The van der Waals surface area contributed by atoms with Crippen LogP contribution < -0.4 is 9.47 Å². The van der Waals surface area contributed by atoms with Crippen molar-refractivity contribution >= 4 is 31.9 Å². The van der Waals surface area contributed by atoms with Gasteiger partial charge < -0.3 is 14.2 Å². The zero-order chi connectivity index (χ0) is 13.1. The van der Waals surface area contributed by atoms with E-state index in [1.807, 2.05) is 12.1 Å². The van der Waals surface area contributed by atoms with Crippen LogP contribution in [-0.4, -0.2) is 27.4 Å². The lowest BCUT2D eigenvalue weighted by Gasteiger charge is -2.20. The molecule has 1 aliphatic heterocycles. The summed E-state index contributed by atoms with van der Waals surface area (Å²) in [5, 5.41) is 0. The van der Waals surface area contributed by atoms with Gasteiger partial charge in [0.15, 0.2) is 0 Å². The second kappa shape index (κ2) is 6.26. The predicted octanol–water partition coefficient (Wildman–Crippen LogP) is 3.94.